The van der Waals surface area contributed by atoms with Crippen molar-refractivity contribution in [1.82, 2.24) is 0 Å². The van der Waals surface area contributed by atoms with Gasteiger partial charge in [-0.15, -0.1) is 0 Å². The van der Waals surface area contributed by atoms with Gasteiger partial charge in [0.15, 0.2) is 0 Å². The largest absolute Gasteiger partial charge is 0.285 e. The second-order valence-corrected chi connectivity index (χ2v) is 4.63. The molecule has 3 nitrogen and oxygen atoms in total. The highest BCUT2D eigenvalue weighted by Gasteiger charge is 2.23. The molecule has 0 aromatic rings. The zero-order chi connectivity index (χ0) is 8.36. The van der Waals surface area contributed by atoms with Gasteiger partial charge in [0.25, 0.3) is 10.1 Å². The van der Waals surface area contributed by atoms with Crippen LogP contribution in [-0.2, 0) is 10.1 Å². The second kappa shape index (κ2) is 3.59. The molecule has 0 saturated carbocycles. The SMILES string of the molecule is CCC(S)C(C)S(=O)(=O)O. The van der Waals surface area contributed by atoms with Crippen molar-refractivity contribution in [2.45, 2.75) is 30.8 Å². The van der Waals surface area contributed by atoms with E-state index in [4.69, 9.17) is 4.55 Å². The zero-order valence-electron chi connectivity index (χ0n) is 5.98. The Hall–Kier alpha value is 0.260. The van der Waals surface area contributed by atoms with Gasteiger partial charge in [0, 0.05) is 5.25 Å². The summed E-state index contributed by atoms with van der Waals surface area (Å²) in [6.07, 6.45) is 0.629. The maximum atomic E-state index is 10.4. The lowest BCUT2D eigenvalue weighted by atomic mass is 10.3. The highest BCUT2D eigenvalue weighted by atomic mass is 32.2. The summed E-state index contributed by atoms with van der Waals surface area (Å²) in [6.45, 7) is 3.26. The van der Waals surface area contributed by atoms with E-state index in [0.717, 1.165) is 0 Å². The summed E-state index contributed by atoms with van der Waals surface area (Å²) >= 11 is 3.98. The Kier molecular flexibility index (Phi) is 3.69. The summed E-state index contributed by atoms with van der Waals surface area (Å²) < 4.78 is 29.4. The summed E-state index contributed by atoms with van der Waals surface area (Å²) in [5.74, 6) is 0. The third kappa shape index (κ3) is 2.90. The summed E-state index contributed by atoms with van der Waals surface area (Å²) in [6, 6.07) is 0. The standard InChI is InChI=1S/C5H12O3S2/c1-3-5(9)4(2)10(6,7)8/h4-5,9H,3H2,1-2H3,(H,6,7,8). The van der Waals surface area contributed by atoms with Gasteiger partial charge in [-0.1, -0.05) is 6.92 Å². The van der Waals surface area contributed by atoms with Crippen LogP contribution >= 0.6 is 12.6 Å². The van der Waals surface area contributed by atoms with Crippen molar-refractivity contribution in [2.24, 2.45) is 0 Å². The van der Waals surface area contributed by atoms with Crippen molar-refractivity contribution in [1.29, 1.82) is 0 Å². The Morgan fingerprint density at radius 1 is 1.60 bits per heavy atom. The van der Waals surface area contributed by atoms with Gasteiger partial charge in [-0.25, -0.2) is 0 Å². The van der Waals surface area contributed by atoms with Gasteiger partial charge >= 0.3 is 0 Å². The summed E-state index contributed by atoms with van der Waals surface area (Å²) in [7, 11) is -3.89. The minimum Gasteiger partial charge on any atom is -0.285 e. The molecular weight excluding hydrogens is 172 g/mol. The maximum Gasteiger partial charge on any atom is 0.268 e. The van der Waals surface area contributed by atoms with Crippen LogP contribution < -0.4 is 0 Å². The van der Waals surface area contributed by atoms with Gasteiger partial charge < -0.3 is 0 Å². The molecule has 0 bridgehead atoms. The fraction of sp³-hybridized carbons (Fsp3) is 1.00. The number of hydrogen-bond donors (Lipinski definition) is 2. The predicted molar refractivity (Wildman–Crippen MR) is 44.1 cm³/mol. The Morgan fingerprint density at radius 3 is 2.10 bits per heavy atom. The van der Waals surface area contributed by atoms with Crippen LogP contribution in [0.5, 0.6) is 0 Å². The molecule has 0 aliphatic heterocycles. The monoisotopic (exact) mass is 184 g/mol. The Labute approximate surface area is 67.0 Å². The fourth-order valence-corrected chi connectivity index (χ4v) is 1.58. The van der Waals surface area contributed by atoms with E-state index in [-0.39, 0.29) is 5.25 Å². The maximum absolute atomic E-state index is 10.4. The third-order valence-electron chi connectivity index (χ3n) is 1.43. The normalized spacial score (nSPS) is 18.4. The lowest BCUT2D eigenvalue weighted by Crippen LogP contribution is -2.26. The topological polar surface area (TPSA) is 54.4 Å². The van der Waals surface area contributed by atoms with Crippen molar-refractivity contribution in [3.63, 3.8) is 0 Å². The van der Waals surface area contributed by atoms with Crippen LogP contribution in [0.15, 0.2) is 0 Å². The van der Waals surface area contributed by atoms with E-state index < -0.39 is 15.4 Å². The van der Waals surface area contributed by atoms with Crippen molar-refractivity contribution in [2.75, 3.05) is 0 Å². The molecule has 0 fully saturated rings. The molecule has 0 heterocycles. The van der Waals surface area contributed by atoms with Gasteiger partial charge in [-0.3, -0.25) is 4.55 Å². The van der Waals surface area contributed by atoms with Crippen LogP contribution in [0.4, 0.5) is 0 Å². The smallest absolute Gasteiger partial charge is 0.268 e. The van der Waals surface area contributed by atoms with Gasteiger partial charge in [-0.2, -0.15) is 21.0 Å². The molecule has 2 unspecified atom stereocenters. The van der Waals surface area contributed by atoms with Gasteiger partial charge in [-0.05, 0) is 13.3 Å². The summed E-state index contributed by atoms with van der Waals surface area (Å²) in [5, 5.41) is -1.06. The van der Waals surface area contributed by atoms with Gasteiger partial charge in [0.05, 0.1) is 5.25 Å². The average molecular weight is 184 g/mol. The first-order valence-corrected chi connectivity index (χ1v) is 5.06. The highest BCUT2D eigenvalue weighted by Crippen LogP contribution is 2.12. The van der Waals surface area contributed by atoms with Crippen molar-refractivity contribution in [3.8, 4) is 0 Å². The molecule has 2 atom stereocenters. The molecule has 10 heavy (non-hydrogen) atoms. The van der Waals surface area contributed by atoms with Gasteiger partial charge in [0.1, 0.15) is 0 Å². The van der Waals surface area contributed by atoms with E-state index in [1.165, 1.54) is 6.92 Å². The highest BCUT2D eigenvalue weighted by molar-refractivity contribution is 7.88. The summed E-state index contributed by atoms with van der Waals surface area (Å²) in [4.78, 5) is 0. The number of hydrogen-bond acceptors (Lipinski definition) is 3. The van der Waals surface area contributed by atoms with Crippen molar-refractivity contribution in [3.05, 3.63) is 0 Å². The quantitative estimate of drug-likeness (QED) is 0.507. The van der Waals surface area contributed by atoms with Crippen LogP contribution in [0, 0.1) is 0 Å². The van der Waals surface area contributed by atoms with Crippen LogP contribution in [0.2, 0.25) is 0 Å². The summed E-state index contributed by atoms with van der Waals surface area (Å²) in [5.41, 5.74) is 0. The molecule has 0 aromatic carbocycles. The number of rotatable bonds is 3. The fourth-order valence-electron chi connectivity index (χ4n) is 0.530. The predicted octanol–water partition coefficient (Wildman–Crippen LogP) is 0.971. The van der Waals surface area contributed by atoms with Crippen LogP contribution in [0.1, 0.15) is 20.3 Å². The van der Waals surface area contributed by atoms with E-state index in [1.807, 2.05) is 6.92 Å². The molecule has 0 rings (SSSR count). The molecule has 5 heteroatoms. The van der Waals surface area contributed by atoms with E-state index in [9.17, 15) is 8.42 Å². The number of thiol groups is 1. The van der Waals surface area contributed by atoms with Gasteiger partial charge in [0.2, 0.25) is 0 Å². The molecule has 1 N–H and O–H groups in total. The third-order valence-corrected chi connectivity index (χ3v) is 3.71. The van der Waals surface area contributed by atoms with E-state index >= 15 is 0 Å². The van der Waals surface area contributed by atoms with E-state index in [0.29, 0.717) is 6.42 Å². The first-order chi connectivity index (χ1) is 4.39. The molecule has 0 radical (unpaired) electrons. The first kappa shape index (κ1) is 10.3. The molecule has 0 aliphatic rings. The van der Waals surface area contributed by atoms with E-state index in [1.54, 1.807) is 0 Å². The Balaban J connectivity index is 4.23. The average Bonchev–Trinajstić information content (AvgIpc) is 1.83. The first-order valence-electron chi connectivity index (χ1n) is 3.04. The molecule has 0 saturated heterocycles. The van der Waals surface area contributed by atoms with Crippen LogP contribution in [0.3, 0.4) is 0 Å². The van der Waals surface area contributed by atoms with Crippen molar-refractivity contribution >= 4 is 22.7 Å². The molecule has 62 valence electrons. The van der Waals surface area contributed by atoms with Crippen LogP contribution in [-0.4, -0.2) is 23.5 Å². The molecular formula is C5H12O3S2. The Bertz CT molecular complexity index is 185. The second-order valence-electron chi connectivity index (χ2n) is 2.20. The minimum atomic E-state index is -3.89. The zero-order valence-corrected chi connectivity index (χ0v) is 7.69. The molecule has 0 aromatic heterocycles. The Morgan fingerprint density at radius 2 is 2.00 bits per heavy atom. The van der Waals surface area contributed by atoms with E-state index in [2.05, 4.69) is 12.6 Å². The van der Waals surface area contributed by atoms with Crippen molar-refractivity contribution < 1.29 is 13.0 Å². The van der Waals surface area contributed by atoms with Crippen LogP contribution in [0.25, 0.3) is 0 Å². The minimum absolute atomic E-state index is 0.282. The molecule has 0 spiro atoms. The molecule has 0 amide bonds. The lowest BCUT2D eigenvalue weighted by molar-refractivity contribution is 0.467. The molecule has 0 aliphatic carbocycles. The lowest BCUT2D eigenvalue weighted by Gasteiger charge is -2.13.